The number of rotatable bonds is 4. The second kappa shape index (κ2) is 7.36. The maximum Gasteiger partial charge on any atom is 0.221 e. The van der Waals surface area contributed by atoms with Crippen LogP contribution >= 0.6 is 0 Å². The molecule has 2 aromatic rings. The molecule has 0 aliphatic carbocycles. The van der Waals surface area contributed by atoms with Crippen molar-refractivity contribution in [2.75, 3.05) is 18.5 Å². The number of nitrogens with one attached hydrogen (secondary N) is 2. The van der Waals surface area contributed by atoms with Crippen molar-refractivity contribution in [1.82, 2.24) is 15.3 Å². The van der Waals surface area contributed by atoms with Gasteiger partial charge in [0.05, 0.1) is 18.8 Å². The van der Waals surface area contributed by atoms with Crippen LogP contribution < -0.4 is 15.4 Å². The van der Waals surface area contributed by atoms with Gasteiger partial charge < -0.3 is 20.1 Å². The molecular formula is C19H22F2N4O2. The zero-order valence-electron chi connectivity index (χ0n) is 15.3. The number of ether oxygens (including phenoxy) is 2. The van der Waals surface area contributed by atoms with Crippen LogP contribution in [-0.2, 0) is 4.74 Å². The maximum atomic E-state index is 14.1. The highest BCUT2D eigenvalue weighted by Crippen LogP contribution is 2.30. The Morgan fingerprint density at radius 3 is 2.44 bits per heavy atom. The van der Waals surface area contributed by atoms with E-state index in [2.05, 4.69) is 20.6 Å². The van der Waals surface area contributed by atoms with E-state index in [9.17, 15) is 8.78 Å². The van der Waals surface area contributed by atoms with E-state index >= 15 is 0 Å². The van der Waals surface area contributed by atoms with Crippen LogP contribution in [0.1, 0.15) is 24.0 Å². The van der Waals surface area contributed by atoms with Gasteiger partial charge in [-0.25, -0.2) is 18.7 Å². The molecule has 1 aromatic carbocycles. The first-order chi connectivity index (χ1) is 13.0. The van der Waals surface area contributed by atoms with E-state index in [-0.39, 0.29) is 23.9 Å². The Kier molecular flexibility index (Phi) is 4.92. The Morgan fingerprint density at radius 1 is 1.11 bits per heavy atom. The second-order valence-corrected chi connectivity index (χ2v) is 7.19. The van der Waals surface area contributed by atoms with Crippen molar-refractivity contribution in [2.24, 2.45) is 0 Å². The summed E-state index contributed by atoms with van der Waals surface area (Å²) in [6, 6.07) is 3.10. The van der Waals surface area contributed by atoms with Gasteiger partial charge in [0, 0.05) is 24.9 Å². The fourth-order valence-corrected chi connectivity index (χ4v) is 3.66. The van der Waals surface area contributed by atoms with Crippen LogP contribution in [0, 0.1) is 25.5 Å². The Bertz CT molecular complexity index is 813. The summed E-state index contributed by atoms with van der Waals surface area (Å²) in [5.41, 5.74) is 0.887. The van der Waals surface area contributed by atoms with Crippen molar-refractivity contribution in [3.63, 3.8) is 0 Å². The first kappa shape index (κ1) is 18.1. The monoisotopic (exact) mass is 376 g/mol. The number of fused-ring (bicyclic) bond motifs is 2. The van der Waals surface area contributed by atoms with E-state index in [1.807, 2.05) is 0 Å². The van der Waals surface area contributed by atoms with Gasteiger partial charge in [0.15, 0.2) is 0 Å². The van der Waals surface area contributed by atoms with Gasteiger partial charge in [-0.15, -0.1) is 0 Å². The maximum absolute atomic E-state index is 14.1. The largest absolute Gasteiger partial charge is 0.474 e. The fraction of sp³-hybridized carbons (Fsp3) is 0.474. The lowest BCUT2D eigenvalue weighted by Gasteiger charge is -2.39. The summed E-state index contributed by atoms with van der Waals surface area (Å²) in [7, 11) is 0. The predicted molar refractivity (Wildman–Crippen MR) is 96.3 cm³/mol. The molecule has 144 valence electrons. The lowest BCUT2D eigenvalue weighted by molar-refractivity contribution is -0.0134. The predicted octanol–water partition coefficient (Wildman–Crippen LogP) is 3.01. The number of aryl methyl sites for hydroxylation is 1. The van der Waals surface area contributed by atoms with Crippen LogP contribution in [0.25, 0.3) is 0 Å². The van der Waals surface area contributed by atoms with Gasteiger partial charge in [0.2, 0.25) is 5.88 Å². The third-order valence-electron chi connectivity index (χ3n) is 4.95. The number of benzene rings is 1. The number of morpholine rings is 1. The van der Waals surface area contributed by atoms with Gasteiger partial charge in [-0.2, -0.15) is 0 Å². The summed E-state index contributed by atoms with van der Waals surface area (Å²) >= 11 is 0. The highest BCUT2D eigenvalue weighted by molar-refractivity contribution is 5.62. The smallest absolute Gasteiger partial charge is 0.221 e. The second-order valence-electron chi connectivity index (χ2n) is 7.19. The molecule has 1 aromatic heterocycles. The molecular weight excluding hydrogens is 354 g/mol. The Labute approximate surface area is 156 Å². The average Bonchev–Trinajstić information content (AvgIpc) is 2.60. The average molecular weight is 376 g/mol. The van der Waals surface area contributed by atoms with Crippen molar-refractivity contribution in [2.45, 2.75) is 44.9 Å². The molecule has 3 heterocycles. The molecule has 2 aliphatic rings. The van der Waals surface area contributed by atoms with Crippen LogP contribution in [0.4, 0.5) is 20.3 Å². The molecule has 0 radical (unpaired) electrons. The van der Waals surface area contributed by atoms with E-state index in [0.717, 1.165) is 12.8 Å². The summed E-state index contributed by atoms with van der Waals surface area (Å²) in [6.45, 7) is 4.76. The molecule has 0 amide bonds. The SMILES string of the molecule is Cc1cc(F)c(Nc2ncnc(OC3CC4COCC(C3)N4)c2C)c(F)c1. The van der Waals surface area contributed by atoms with E-state index in [4.69, 9.17) is 9.47 Å². The highest BCUT2D eigenvalue weighted by Gasteiger charge is 2.33. The van der Waals surface area contributed by atoms with Gasteiger partial charge in [-0.05, 0) is 31.5 Å². The number of anilines is 2. The van der Waals surface area contributed by atoms with Gasteiger partial charge >= 0.3 is 0 Å². The lowest BCUT2D eigenvalue weighted by Crippen LogP contribution is -2.56. The minimum Gasteiger partial charge on any atom is -0.474 e. The minimum atomic E-state index is -0.667. The minimum absolute atomic E-state index is 0.0134. The molecule has 0 saturated carbocycles. The first-order valence-electron chi connectivity index (χ1n) is 9.04. The van der Waals surface area contributed by atoms with Crippen molar-refractivity contribution in [3.8, 4) is 5.88 Å². The van der Waals surface area contributed by atoms with Crippen LogP contribution in [0.3, 0.4) is 0 Å². The summed E-state index contributed by atoms with van der Waals surface area (Å²) in [6.07, 6.45) is 2.99. The van der Waals surface area contributed by atoms with Gasteiger partial charge in [-0.3, -0.25) is 0 Å². The number of hydrogen-bond acceptors (Lipinski definition) is 6. The molecule has 2 aliphatic heterocycles. The molecule has 2 fully saturated rings. The van der Waals surface area contributed by atoms with Gasteiger partial charge in [0.25, 0.3) is 0 Å². The molecule has 6 nitrogen and oxygen atoms in total. The van der Waals surface area contributed by atoms with E-state index < -0.39 is 11.6 Å². The third kappa shape index (κ3) is 3.86. The summed E-state index contributed by atoms with van der Waals surface area (Å²) in [5.74, 6) is -0.594. The lowest BCUT2D eigenvalue weighted by atomic mass is 9.95. The molecule has 2 unspecified atom stereocenters. The number of aromatic nitrogens is 2. The Balaban J connectivity index is 1.53. The van der Waals surface area contributed by atoms with Crippen LogP contribution in [-0.4, -0.2) is 41.4 Å². The quantitative estimate of drug-likeness (QED) is 0.855. The zero-order chi connectivity index (χ0) is 19.0. The summed E-state index contributed by atoms with van der Waals surface area (Å²) in [5, 5.41) is 6.25. The van der Waals surface area contributed by atoms with Crippen molar-refractivity contribution < 1.29 is 18.3 Å². The van der Waals surface area contributed by atoms with Crippen LogP contribution in [0.5, 0.6) is 5.88 Å². The Morgan fingerprint density at radius 2 is 1.78 bits per heavy atom. The van der Waals surface area contributed by atoms with Gasteiger partial charge in [0.1, 0.15) is 35.6 Å². The molecule has 2 atom stereocenters. The topological polar surface area (TPSA) is 68.3 Å². The zero-order valence-corrected chi connectivity index (χ0v) is 15.3. The normalized spacial score (nSPS) is 24.5. The number of halogens is 2. The summed E-state index contributed by atoms with van der Waals surface area (Å²) in [4.78, 5) is 8.34. The highest BCUT2D eigenvalue weighted by atomic mass is 19.1. The van der Waals surface area contributed by atoms with Crippen molar-refractivity contribution in [3.05, 3.63) is 41.2 Å². The standard InChI is InChI=1S/C19H22F2N4O2/c1-10-3-15(20)17(16(21)4-10)25-18-11(2)19(23-9-22-18)27-14-5-12-7-26-8-13(6-14)24-12/h3-4,9,12-14,24H,5-8H2,1-2H3,(H,22,23,25). The number of nitrogens with zero attached hydrogens (tertiary/aromatic N) is 2. The van der Waals surface area contributed by atoms with E-state index in [0.29, 0.717) is 36.0 Å². The molecule has 27 heavy (non-hydrogen) atoms. The molecule has 2 bridgehead atoms. The van der Waals surface area contributed by atoms with E-state index in [1.165, 1.54) is 18.5 Å². The Hall–Kier alpha value is -2.32. The van der Waals surface area contributed by atoms with Gasteiger partial charge in [-0.1, -0.05) is 0 Å². The fourth-order valence-electron chi connectivity index (χ4n) is 3.66. The number of piperidine rings is 1. The molecule has 2 N–H and O–H groups in total. The van der Waals surface area contributed by atoms with Crippen molar-refractivity contribution in [1.29, 1.82) is 0 Å². The summed E-state index contributed by atoms with van der Waals surface area (Å²) < 4.78 is 39.9. The molecule has 0 spiro atoms. The van der Waals surface area contributed by atoms with E-state index in [1.54, 1.807) is 13.8 Å². The molecule has 4 rings (SSSR count). The third-order valence-corrected chi connectivity index (χ3v) is 4.95. The van der Waals surface area contributed by atoms with Crippen LogP contribution in [0.15, 0.2) is 18.5 Å². The first-order valence-corrected chi connectivity index (χ1v) is 9.04. The molecule has 2 saturated heterocycles. The number of hydrogen-bond donors (Lipinski definition) is 2. The van der Waals surface area contributed by atoms with Crippen molar-refractivity contribution >= 4 is 11.5 Å². The van der Waals surface area contributed by atoms with Crippen LogP contribution in [0.2, 0.25) is 0 Å². The molecule has 8 heteroatoms.